The first kappa shape index (κ1) is 16.2. The molecule has 0 radical (unpaired) electrons. The van der Waals surface area contributed by atoms with Gasteiger partial charge in [-0.3, -0.25) is 4.79 Å². The molecule has 2 N–H and O–H groups in total. The lowest BCUT2D eigenvalue weighted by molar-refractivity contribution is -0.120. The number of unbranched alkanes of at least 4 members (excludes halogenated alkanes) is 5. The van der Waals surface area contributed by atoms with E-state index < -0.39 is 6.10 Å². The lowest BCUT2D eigenvalue weighted by Crippen LogP contribution is -2.39. The highest BCUT2D eigenvalue weighted by Crippen LogP contribution is 2.10. The molecule has 1 amide bonds. The number of aliphatic hydroxyl groups excluding tert-OH is 1. The van der Waals surface area contributed by atoms with Gasteiger partial charge in [-0.05, 0) is 26.2 Å². The third kappa shape index (κ3) is 10.1. The third-order valence-corrected chi connectivity index (χ3v) is 2.92. The van der Waals surface area contributed by atoms with E-state index >= 15 is 0 Å². The number of rotatable bonds is 10. The number of nitrogens with one attached hydrogen (secondary N) is 1. The Hall–Kier alpha value is -0.830. The van der Waals surface area contributed by atoms with Crippen molar-refractivity contribution >= 4 is 5.91 Å². The van der Waals surface area contributed by atoms with Crippen molar-refractivity contribution in [3.63, 3.8) is 0 Å². The Morgan fingerprint density at radius 1 is 1.29 bits per heavy atom. The third-order valence-electron chi connectivity index (χ3n) is 2.92. The van der Waals surface area contributed by atoms with Gasteiger partial charge in [0.25, 0.3) is 0 Å². The fraction of sp³-hybridized carbons (Fsp3) is 0.786. The van der Waals surface area contributed by atoms with Gasteiger partial charge >= 0.3 is 0 Å². The molecule has 0 aliphatic carbocycles. The maximum Gasteiger partial charge on any atom is 0.217 e. The van der Waals surface area contributed by atoms with Crippen molar-refractivity contribution < 1.29 is 9.90 Å². The van der Waals surface area contributed by atoms with Crippen LogP contribution in [0.1, 0.15) is 58.8 Å². The molecule has 0 rings (SSSR count). The molecule has 100 valence electrons. The van der Waals surface area contributed by atoms with Crippen LogP contribution < -0.4 is 5.32 Å². The first-order valence-corrected chi connectivity index (χ1v) is 6.64. The summed E-state index contributed by atoms with van der Waals surface area (Å²) in [6.45, 7) is 7.01. The molecule has 17 heavy (non-hydrogen) atoms. The summed E-state index contributed by atoms with van der Waals surface area (Å²) in [5.74, 6) is -0.0824. The van der Waals surface area contributed by atoms with E-state index in [1.54, 1.807) is 0 Å². The van der Waals surface area contributed by atoms with Crippen LogP contribution in [0.2, 0.25) is 0 Å². The van der Waals surface area contributed by atoms with Crippen LogP contribution in [0.3, 0.4) is 0 Å². The summed E-state index contributed by atoms with van der Waals surface area (Å²) in [5.41, 5.74) is 0. The predicted octanol–water partition coefficient (Wildman–Crippen LogP) is 2.79. The van der Waals surface area contributed by atoms with Gasteiger partial charge in [-0.2, -0.15) is 0 Å². The predicted molar refractivity (Wildman–Crippen MR) is 71.8 cm³/mol. The molecule has 0 saturated carbocycles. The molecule has 0 aromatic carbocycles. The second-order valence-electron chi connectivity index (χ2n) is 4.69. The first-order valence-electron chi connectivity index (χ1n) is 6.64. The van der Waals surface area contributed by atoms with Crippen molar-refractivity contribution in [3.05, 3.63) is 12.7 Å². The summed E-state index contributed by atoms with van der Waals surface area (Å²) >= 11 is 0. The topological polar surface area (TPSA) is 49.3 Å². The minimum atomic E-state index is -0.424. The van der Waals surface area contributed by atoms with Crippen LogP contribution in [0.15, 0.2) is 12.7 Å². The van der Waals surface area contributed by atoms with Crippen molar-refractivity contribution in [3.8, 4) is 0 Å². The van der Waals surface area contributed by atoms with E-state index in [2.05, 4.69) is 11.9 Å². The number of carbonyl (C=O) groups excluding carboxylic acids is 1. The van der Waals surface area contributed by atoms with E-state index in [1.165, 1.54) is 26.2 Å². The van der Waals surface area contributed by atoms with Crippen LogP contribution in [0, 0.1) is 0 Å². The summed E-state index contributed by atoms with van der Waals surface area (Å²) in [6.07, 6.45) is 9.25. The van der Waals surface area contributed by atoms with Crippen LogP contribution in [-0.2, 0) is 4.79 Å². The number of allylic oxidation sites excluding steroid dienone is 1. The molecular weight excluding hydrogens is 214 g/mol. The average molecular weight is 241 g/mol. The molecule has 0 bridgehead atoms. The van der Waals surface area contributed by atoms with E-state index in [9.17, 15) is 9.90 Å². The molecule has 0 aromatic heterocycles. The SMILES string of the molecule is C=CCCCCCCC[C@@H](O)[C@H](C)NC(C)=O. The Kier molecular flexibility index (Phi) is 9.83. The highest BCUT2D eigenvalue weighted by atomic mass is 16.3. The summed E-state index contributed by atoms with van der Waals surface area (Å²) < 4.78 is 0. The van der Waals surface area contributed by atoms with Crippen molar-refractivity contribution in [2.45, 2.75) is 70.9 Å². The zero-order valence-electron chi connectivity index (χ0n) is 11.2. The number of aliphatic hydroxyl groups is 1. The van der Waals surface area contributed by atoms with E-state index in [1.807, 2.05) is 13.0 Å². The number of hydrogen-bond donors (Lipinski definition) is 2. The van der Waals surface area contributed by atoms with E-state index in [0.717, 1.165) is 25.7 Å². The maximum atomic E-state index is 10.8. The van der Waals surface area contributed by atoms with Gasteiger partial charge in [0, 0.05) is 6.92 Å². The molecule has 0 saturated heterocycles. The molecule has 2 atom stereocenters. The highest BCUT2D eigenvalue weighted by molar-refractivity contribution is 5.73. The minimum Gasteiger partial charge on any atom is -0.391 e. The fourth-order valence-corrected chi connectivity index (χ4v) is 1.84. The molecule has 0 aliphatic rings. The van der Waals surface area contributed by atoms with Gasteiger partial charge in [-0.15, -0.1) is 6.58 Å². The van der Waals surface area contributed by atoms with Gasteiger partial charge in [0.05, 0.1) is 12.1 Å². The Labute approximate surface area is 105 Å². The zero-order valence-corrected chi connectivity index (χ0v) is 11.2. The number of hydrogen-bond acceptors (Lipinski definition) is 2. The Bertz CT molecular complexity index is 216. The molecule has 0 aliphatic heterocycles. The number of carbonyl (C=O) groups is 1. The smallest absolute Gasteiger partial charge is 0.217 e. The fourth-order valence-electron chi connectivity index (χ4n) is 1.84. The second kappa shape index (κ2) is 10.3. The second-order valence-corrected chi connectivity index (χ2v) is 4.69. The van der Waals surface area contributed by atoms with Crippen LogP contribution in [0.5, 0.6) is 0 Å². The van der Waals surface area contributed by atoms with Gasteiger partial charge in [0.1, 0.15) is 0 Å². The van der Waals surface area contributed by atoms with Crippen LogP contribution in [0.25, 0.3) is 0 Å². The molecule has 0 spiro atoms. The average Bonchev–Trinajstić information content (AvgIpc) is 2.26. The standard InChI is InChI=1S/C14H27NO2/c1-4-5-6-7-8-9-10-11-14(17)12(2)15-13(3)16/h4,12,14,17H,1,5-11H2,2-3H3,(H,15,16)/t12-,14+/m0/s1. The van der Waals surface area contributed by atoms with E-state index in [4.69, 9.17) is 0 Å². The molecule has 0 heterocycles. The van der Waals surface area contributed by atoms with Gasteiger partial charge in [-0.1, -0.05) is 31.8 Å². The van der Waals surface area contributed by atoms with Crippen LogP contribution >= 0.6 is 0 Å². The zero-order chi connectivity index (χ0) is 13.1. The maximum absolute atomic E-state index is 10.8. The molecular formula is C14H27NO2. The summed E-state index contributed by atoms with van der Waals surface area (Å²) in [4.78, 5) is 10.8. The summed E-state index contributed by atoms with van der Waals surface area (Å²) in [7, 11) is 0. The van der Waals surface area contributed by atoms with Crippen molar-refractivity contribution in [1.82, 2.24) is 5.32 Å². The van der Waals surface area contributed by atoms with Crippen LogP contribution in [-0.4, -0.2) is 23.2 Å². The molecule has 0 aromatic rings. The van der Waals surface area contributed by atoms with E-state index in [0.29, 0.717) is 0 Å². The van der Waals surface area contributed by atoms with Crippen molar-refractivity contribution in [2.24, 2.45) is 0 Å². The molecule has 3 nitrogen and oxygen atoms in total. The van der Waals surface area contributed by atoms with Gasteiger partial charge < -0.3 is 10.4 Å². The summed E-state index contributed by atoms with van der Waals surface area (Å²) in [5, 5.41) is 12.5. The molecule has 3 heteroatoms. The van der Waals surface area contributed by atoms with Crippen molar-refractivity contribution in [1.29, 1.82) is 0 Å². The van der Waals surface area contributed by atoms with Gasteiger partial charge in [0.15, 0.2) is 0 Å². The molecule has 0 fully saturated rings. The lowest BCUT2D eigenvalue weighted by Gasteiger charge is -2.19. The normalized spacial score (nSPS) is 14.1. The Balaban J connectivity index is 3.40. The minimum absolute atomic E-state index is 0.0824. The lowest BCUT2D eigenvalue weighted by atomic mass is 10.0. The monoisotopic (exact) mass is 241 g/mol. The van der Waals surface area contributed by atoms with Gasteiger partial charge in [-0.25, -0.2) is 0 Å². The van der Waals surface area contributed by atoms with Crippen LogP contribution in [0.4, 0.5) is 0 Å². The highest BCUT2D eigenvalue weighted by Gasteiger charge is 2.13. The first-order chi connectivity index (χ1) is 8.07. The van der Waals surface area contributed by atoms with Gasteiger partial charge in [0.2, 0.25) is 5.91 Å². The molecule has 0 unspecified atom stereocenters. The Morgan fingerprint density at radius 3 is 2.47 bits per heavy atom. The summed E-state index contributed by atoms with van der Waals surface area (Å²) in [6, 6.07) is -0.145. The quantitative estimate of drug-likeness (QED) is 0.456. The van der Waals surface area contributed by atoms with Crippen molar-refractivity contribution in [2.75, 3.05) is 0 Å². The number of amides is 1. The Morgan fingerprint density at radius 2 is 1.88 bits per heavy atom. The largest absolute Gasteiger partial charge is 0.391 e. The van der Waals surface area contributed by atoms with E-state index in [-0.39, 0.29) is 11.9 Å².